The number of rotatable bonds is 14. The van der Waals surface area contributed by atoms with Gasteiger partial charge in [-0.15, -0.1) is 0 Å². The third-order valence-corrected chi connectivity index (χ3v) is 5.37. The molecule has 0 unspecified atom stereocenters. The van der Waals surface area contributed by atoms with E-state index < -0.39 is 11.2 Å². The fourth-order valence-corrected chi connectivity index (χ4v) is 3.50. The summed E-state index contributed by atoms with van der Waals surface area (Å²) in [5, 5.41) is 0. The number of hydrogen-bond donors (Lipinski definition) is 0. The molecule has 1 fully saturated rings. The molecule has 1 aliphatic heterocycles. The monoisotopic (exact) mass is 444 g/mol. The van der Waals surface area contributed by atoms with Crippen molar-refractivity contribution >= 4 is 0 Å². The zero-order valence-corrected chi connectivity index (χ0v) is 19.3. The first-order chi connectivity index (χ1) is 15.7. The highest BCUT2D eigenvalue weighted by molar-refractivity contribution is 5.14. The van der Waals surface area contributed by atoms with Gasteiger partial charge in [0.1, 0.15) is 11.2 Å². The molecule has 3 rings (SSSR count). The van der Waals surface area contributed by atoms with Crippen molar-refractivity contribution in [2.45, 2.75) is 38.3 Å². The third kappa shape index (κ3) is 7.66. The predicted molar refractivity (Wildman–Crippen MR) is 123 cm³/mol. The summed E-state index contributed by atoms with van der Waals surface area (Å²) in [5.74, 6) is 0. The highest BCUT2D eigenvalue weighted by atomic mass is 16.6. The molecule has 0 aliphatic carbocycles. The Balaban J connectivity index is 1.57. The highest BCUT2D eigenvalue weighted by Gasteiger charge is 2.46. The van der Waals surface area contributed by atoms with Crippen LogP contribution in [-0.4, -0.2) is 64.1 Å². The van der Waals surface area contributed by atoms with Gasteiger partial charge in [-0.25, -0.2) is 0 Å². The number of ether oxygens (including phenoxy) is 6. The van der Waals surface area contributed by atoms with Crippen molar-refractivity contribution in [3.05, 3.63) is 71.8 Å². The standard InChI is InChI=1S/C26H36O6/c1-3-27-17-25(19-29-15-23-11-7-5-8-12-23)21-32-26(22-31-25,18-28-4-2)20-30-16-24-13-9-6-10-14-24/h5-14H,3-4,15-22H2,1-2H3/t25-,26-/m1/s1. The van der Waals surface area contributed by atoms with Crippen LogP contribution in [0.25, 0.3) is 0 Å². The molecule has 0 N–H and O–H groups in total. The Bertz CT molecular complexity index is 678. The molecule has 2 aromatic carbocycles. The van der Waals surface area contributed by atoms with Gasteiger partial charge in [0.25, 0.3) is 0 Å². The van der Waals surface area contributed by atoms with Crippen molar-refractivity contribution in [1.82, 2.24) is 0 Å². The lowest BCUT2D eigenvalue weighted by atomic mass is 10.0. The second kappa shape index (κ2) is 13.0. The Morgan fingerprint density at radius 3 is 1.31 bits per heavy atom. The Morgan fingerprint density at radius 1 is 0.594 bits per heavy atom. The van der Waals surface area contributed by atoms with Gasteiger partial charge in [-0.1, -0.05) is 60.7 Å². The maximum absolute atomic E-state index is 6.39. The van der Waals surface area contributed by atoms with Crippen LogP contribution in [0.15, 0.2) is 60.7 Å². The van der Waals surface area contributed by atoms with Gasteiger partial charge in [-0.3, -0.25) is 0 Å². The summed E-state index contributed by atoms with van der Waals surface area (Å²) in [6.07, 6.45) is 0. The minimum absolute atomic E-state index is 0.351. The van der Waals surface area contributed by atoms with Crippen molar-refractivity contribution < 1.29 is 28.4 Å². The lowest BCUT2D eigenvalue weighted by Gasteiger charge is -2.45. The Hall–Kier alpha value is -1.80. The van der Waals surface area contributed by atoms with Crippen LogP contribution in [0.2, 0.25) is 0 Å². The predicted octanol–water partition coefficient (Wildman–Crippen LogP) is 4.02. The molecule has 1 aliphatic rings. The van der Waals surface area contributed by atoms with E-state index in [1.54, 1.807) is 0 Å². The first kappa shape index (κ1) is 24.8. The fraction of sp³-hybridized carbons (Fsp3) is 0.538. The topological polar surface area (TPSA) is 55.4 Å². The quantitative estimate of drug-likeness (QED) is 0.439. The average molecular weight is 445 g/mol. The van der Waals surface area contributed by atoms with E-state index in [1.807, 2.05) is 74.5 Å². The Morgan fingerprint density at radius 2 is 0.969 bits per heavy atom. The minimum atomic E-state index is -0.653. The van der Waals surface area contributed by atoms with Crippen molar-refractivity contribution in [2.24, 2.45) is 0 Å². The zero-order valence-electron chi connectivity index (χ0n) is 19.3. The summed E-state index contributed by atoms with van der Waals surface area (Å²) in [4.78, 5) is 0. The lowest BCUT2D eigenvalue weighted by molar-refractivity contribution is -0.284. The van der Waals surface area contributed by atoms with E-state index in [9.17, 15) is 0 Å². The van der Waals surface area contributed by atoms with Crippen LogP contribution in [0.1, 0.15) is 25.0 Å². The van der Waals surface area contributed by atoms with Gasteiger partial charge in [0.05, 0.1) is 52.9 Å². The average Bonchev–Trinajstić information content (AvgIpc) is 2.84. The summed E-state index contributed by atoms with van der Waals surface area (Å²) in [6.45, 7) is 8.48. The largest absolute Gasteiger partial charge is 0.379 e. The van der Waals surface area contributed by atoms with Gasteiger partial charge in [0.15, 0.2) is 0 Å². The van der Waals surface area contributed by atoms with Crippen LogP contribution in [-0.2, 0) is 41.6 Å². The Kier molecular flexibility index (Phi) is 10.1. The molecule has 2 aromatic rings. The molecule has 6 nitrogen and oxygen atoms in total. The highest BCUT2D eigenvalue weighted by Crippen LogP contribution is 2.28. The molecule has 0 bridgehead atoms. The SMILES string of the molecule is CCOC[C@@]1(COCc2ccccc2)CO[C@](COCC)(COCc2ccccc2)CO1. The van der Waals surface area contributed by atoms with Crippen molar-refractivity contribution in [2.75, 3.05) is 52.9 Å². The molecule has 2 atom stereocenters. The van der Waals surface area contributed by atoms with Gasteiger partial charge in [0, 0.05) is 13.2 Å². The first-order valence-corrected chi connectivity index (χ1v) is 11.4. The summed E-state index contributed by atoms with van der Waals surface area (Å²) >= 11 is 0. The number of hydrogen-bond acceptors (Lipinski definition) is 6. The maximum Gasteiger partial charge on any atom is 0.138 e. The molecule has 1 heterocycles. The summed E-state index contributed by atoms with van der Waals surface area (Å²) in [5.41, 5.74) is 0.937. The van der Waals surface area contributed by atoms with Gasteiger partial charge in [-0.2, -0.15) is 0 Å². The van der Waals surface area contributed by atoms with Crippen LogP contribution < -0.4 is 0 Å². The van der Waals surface area contributed by atoms with Crippen LogP contribution in [0.5, 0.6) is 0 Å². The van der Waals surface area contributed by atoms with Crippen LogP contribution >= 0.6 is 0 Å². The first-order valence-electron chi connectivity index (χ1n) is 11.4. The molecule has 32 heavy (non-hydrogen) atoms. The molecular formula is C26H36O6. The molecule has 0 amide bonds. The van der Waals surface area contributed by atoms with E-state index in [-0.39, 0.29) is 0 Å². The van der Waals surface area contributed by atoms with Gasteiger partial charge in [-0.05, 0) is 25.0 Å². The lowest BCUT2D eigenvalue weighted by Crippen LogP contribution is -2.61. The van der Waals surface area contributed by atoms with Gasteiger partial charge >= 0.3 is 0 Å². The summed E-state index contributed by atoms with van der Waals surface area (Å²) < 4.78 is 36.2. The van der Waals surface area contributed by atoms with Crippen molar-refractivity contribution in [3.8, 4) is 0 Å². The summed E-state index contributed by atoms with van der Waals surface area (Å²) in [7, 11) is 0. The molecule has 0 aromatic heterocycles. The van der Waals surface area contributed by atoms with E-state index in [2.05, 4.69) is 0 Å². The van der Waals surface area contributed by atoms with E-state index in [0.717, 1.165) is 11.1 Å². The molecule has 176 valence electrons. The molecule has 6 heteroatoms. The number of benzene rings is 2. The molecular weight excluding hydrogens is 408 g/mol. The van der Waals surface area contributed by atoms with Crippen LogP contribution in [0.3, 0.4) is 0 Å². The molecule has 0 spiro atoms. The van der Waals surface area contributed by atoms with Crippen molar-refractivity contribution in [1.29, 1.82) is 0 Å². The van der Waals surface area contributed by atoms with Gasteiger partial charge in [0.2, 0.25) is 0 Å². The fourth-order valence-electron chi connectivity index (χ4n) is 3.50. The minimum Gasteiger partial charge on any atom is -0.379 e. The van der Waals surface area contributed by atoms with Gasteiger partial charge < -0.3 is 28.4 Å². The second-order valence-electron chi connectivity index (χ2n) is 8.17. The smallest absolute Gasteiger partial charge is 0.138 e. The van der Waals surface area contributed by atoms with Crippen LogP contribution in [0.4, 0.5) is 0 Å². The van der Waals surface area contributed by atoms with E-state index in [0.29, 0.717) is 66.1 Å². The van der Waals surface area contributed by atoms with E-state index in [1.165, 1.54) is 0 Å². The van der Waals surface area contributed by atoms with E-state index >= 15 is 0 Å². The summed E-state index contributed by atoms with van der Waals surface area (Å²) in [6, 6.07) is 20.2. The van der Waals surface area contributed by atoms with Crippen LogP contribution in [0, 0.1) is 0 Å². The van der Waals surface area contributed by atoms with Crippen molar-refractivity contribution in [3.63, 3.8) is 0 Å². The second-order valence-corrected chi connectivity index (χ2v) is 8.17. The normalized spacial score (nSPS) is 23.3. The Labute approximate surface area is 191 Å². The third-order valence-electron chi connectivity index (χ3n) is 5.37. The molecule has 0 saturated carbocycles. The maximum atomic E-state index is 6.39. The zero-order chi connectivity index (χ0) is 22.5. The molecule has 0 radical (unpaired) electrons. The molecule has 1 saturated heterocycles. The van der Waals surface area contributed by atoms with E-state index in [4.69, 9.17) is 28.4 Å².